The number of carbonyl (C=O) groups excluding carboxylic acids is 1. The zero-order valence-corrected chi connectivity index (χ0v) is 7.50. The summed E-state index contributed by atoms with van der Waals surface area (Å²) in [6.45, 7) is 1.48. The fourth-order valence-electron chi connectivity index (χ4n) is 1.42. The quantitative estimate of drug-likeness (QED) is 0.550. The van der Waals surface area contributed by atoms with E-state index in [1.54, 1.807) is 0 Å². The number of alkyl halides is 2. The SMILES string of the molecule is CCOC(=O)[C@]1(C(=O)O)C[C@@H]1C(F)F. The Bertz CT molecular complexity index is 266. The van der Waals surface area contributed by atoms with Gasteiger partial charge in [0.15, 0.2) is 5.41 Å². The minimum absolute atomic E-state index is 0.0101. The molecule has 0 aromatic heterocycles. The Labute approximate surface area is 78.8 Å². The number of carboxylic acid groups (broad SMARTS) is 1. The molecule has 0 heterocycles. The van der Waals surface area contributed by atoms with Crippen molar-refractivity contribution in [1.29, 1.82) is 0 Å². The molecule has 14 heavy (non-hydrogen) atoms. The monoisotopic (exact) mass is 208 g/mol. The molecule has 0 saturated heterocycles. The Hall–Kier alpha value is -1.20. The van der Waals surface area contributed by atoms with Gasteiger partial charge in [-0.25, -0.2) is 8.78 Å². The average Bonchev–Trinajstić information content (AvgIpc) is 2.79. The van der Waals surface area contributed by atoms with Gasteiger partial charge >= 0.3 is 11.9 Å². The highest BCUT2D eigenvalue weighted by Crippen LogP contribution is 2.56. The first kappa shape index (κ1) is 10.9. The van der Waals surface area contributed by atoms with Crippen LogP contribution < -0.4 is 0 Å². The van der Waals surface area contributed by atoms with E-state index in [0.29, 0.717) is 0 Å². The summed E-state index contributed by atoms with van der Waals surface area (Å²) >= 11 is 0. The molecule has 1 aliphatic rings. The third-order valence-corrected chi connectivity index (χ3v) is 2.34. The molecule has 6 heteroatoms. The summed E-state index contributed by atoms with van der Waals surface area (Å²) < 4.78 is 28.9. The number of carbonyl (C=O) groups is 2. The minimum Gasteiger partial charge on any atom is -0.480 e. The van der Waals surface area contributed by atoms with Crippen LogP contribution in [0, 0.1) is 11.3 Å². The van der Waals surface area contributed by atoms with E-state index in [1.807, 2.05) is 0 Å². The van der Waals surface area contributed by atoms with Gasteiger partial charge < -0.3 is 9.84 Å². The molecule has 2 atom stereocenters. The third-order valence-electron chi connectivity index (χ3n) is 2.34. The molecular formula is C8H10F2O4. The van der Waals surface area contributed by atoms with Crippen molar-refractivity contribution < 1.29 is 28.2 Å². The number of carboxylic acids is 1. The van der Waals surface area contributed by atoms with Crippen LogP contribution in [0.5, 0.6) is 0 Å². The van der Waals surface area contributed by atoms with Gasteiger partial charge in [0.2, 0.25) is 6.43 Å². The van der Waals surface area contributed by atoms with Gasteiger partial charge in [-0.2, -0.15) is 0 Å². The highest BCUT2D eigenvalue weighted by molar-refractivity contribution is 6.03. The van der Waals surface area contributed by atoms with Crippen LogP contribution in [0.3, 0.4) is 0 Å². The molecule has 0 unspecified atom stereocenters. The highest BCUT2D eigenvalue weighted by atomic mass is 19.3. The van der Waals surface area contributed by atoms with Crippen LogP contribution in [0.2, 0.25) is 0 Å². The number of aliphatic carboxylic acids is 1. The second-order valence-corrected chi connectivity index (χ2v) is 3.14. The van der Waals surface area contributed by atoms with Crippen LogP contribution in [0.1, 0.15) is 13.3 Å². The lowest BCUT2D eigenvalue weighted by molar-refractivity contribution is -0.162. The molecule has 0 spiro atoms. The second kappa shape index (κ2) is 3.51. The van der Waals surface area contributed by atoms with Gasteiger partial charge in [-0.1, -0.05) is 0 Å². The normalized spacial score (nSPS) is 30.1. The number of hydrogen-bond donors (Lipinski definition) is 1. The maximum Gasteiger partial charge on any atom is 0.323 e. The molecule has 1 N–H and O–H groups in total. The Morgan fingerprint density at radius 2 is 2.21 bits per heavy atom. The lowest BCUT2D eigenvalue weighted by Crippen LogP contribution is -2.31. The van der Waals surface area contributed by atoms with Crippen molar-refractivity contribution in [3.05, 3.63) is 0 Å². The topological polar surface area (TPSA) is 63.6 Å². The highest BCUT2D eigenvalue weighted by Gasteiger charge is 2.71. The Morgan fingerprint density at radius 1 is 1.64 bits per heavy atom. The van der Waals surface area contributed by atoms with Crippen molar-refractivity contribution in [2.75, 3.05) is 6.61 Å². The van der Waals surface area contributed by atoms with E-state index in [4.69, 9.17) is 5.11 Å². The molecule has 1 fully saturated rings. The molecule has 0 aliphatic heterocycles. The van der Waals surface area contributed by atoms with Gasteiger partial charge in [0.05, 0.1) is 6.61 Å². The molecule has 0 amide bonds. The fraction of sp³-hybridized carbons (Fsp3) is 0.750. The second-order valence-electron chi connectivity index (χ2n) is 3.14. The van der Waals surface area contributed by atoms with Gasteiger partial charge in [-0.15, -0.1) is 0 Å². The molecule has 80 valence electrons. The van der Waals surface area contributed by atoms with Crippen LogP contribution in [-0.4, -0.2) is 30.1 Å². The molecule has 1 saturated carbocycles. The van der Waals surface area contributed by atoms with Gasteiger partial charge in [-0.05, 0) is 13.3 Å². The zero-order valence-electron chi connectivity index (χ0n) is 7.50. The molecule has 0 aromatic carbocycles. The van der Waals surface area contributed by atoms with Crippen molar-refractivity contribution in [1.82, 2.24) is 0 Å². The van der Waals surface area contributed by atoms with Crippen LogP contribution in [0.15, 0.2) is 0 Å². The first-order chi connectivity index (χ1) is 6.46. The van der Waals surface area contributed by atoms with Crippen LogP contribution in [0.4, 0.5) is 8.78 Å². The molecule has 0 aromatic rings. The lowest BCUT2D eigenvalue weighted by atomic mass is 10.1. The first-order valence-electron chi connectivity index (χ1n) is 4.15. The summed E-state index contributed by atoms with van der Waals surface area (Å²) in [6.07, 6.45) is -3.13. The van der Waals surface area contributed by atoms with E-state index in [9.17, 15) is 18.4 Å². The number of hydrogen-bond acceptors (Lipinski definition) is 3. The average molecular weight is 208 g/mol. The van der Waals surface area contributed by atoms with E-state index in [2.05, 4.69) is 4.74 Å². The zero-order chi connectivity index (χ0) is 10.9. The molecule has 1 rings (SSSR count). The summed E-state index contributed by atoms with van der Waals surface area (Å²) in [4.78, 5) is 21.8. The molecular weight excluding hydrogens is 198 g/mol. The molecule has 0 radical (unpaired) electrons. The molecule has 1 aliphatic carbocycles. The molecule has 0 bridgehead atoms. The summed E-state index contributed by atoms with van der Waals surface area (Å²) in [7, 11) is 0. The van der Waals surface area contributed by atoms with Crippen molar-refractivity contribution in [2.24, 2.45) is 11.3 Å². The Kier molecular flexibility index (Phi) is 2.73. The maximum absolute atomic E-state index is 12.2. The van der Waals surface area contributed by atoms with Gasteiger partial charge in [0, 0.05) is 5.92 Å². The van der Waals surface area contributed by atoms with E-state index in [1.165, 1.54) is 6.92 Å². The maximum atomic E-state index is 12.2. The largest absolute Gasteiger partial charge is 0.480 e. The predicted molar refractivity (Wildman–Crippen MR) is 40.8 cm³/mol. The molecule has 4 nitrogen and oxygen atoms in total. The number of rotatable bonds is 4. The lowest BCUT2D eigenvalue weighted by Gasteiger charge is -2.10. The van der Waals surface area contributed by atoms with Crippen LogP contribution >= 0.6 is 0 Å². The van der Waals surface area contributed by atoms with E-state index < -0.39 is 29.7 Å². The van der Waals surface area contributed by atoms with Crippen molar-refractivity contribution >= 4 is 11.9 Å². The number of halogens is 2. The van der Waals surface area contributed by atoms with Crippen LogP contribution in [-0.2, 0) is 14.3 Å². The van der Waals surface area contributed by atoms with Crippen molar-refractivity contribution in [2.45, 2.75) is 19.8 Å². The third kappa shape index (κ3) is 1.44. The van der Waals surface area contributed by atoms with E-state index >= 15 is 0 Å². The van der Waals surface area contributed by atoms with Gasteiger partial charge in [0.1, 0.15) is 0 Å². The summed E-state index contributed by atoms with van der Waals surface area (Å²) in [5, 5.41) is 8.69. The minimum atomic E-state index is -2.80. The van der Waals surface area contributed by atoms with Crippen LogP contribution in [0.25, 0.3) is 0 Å². The summed E-state index contributed by atoms with van der Waals surface area (Å²) in [6, 6.07) is 0. The standard InChI is InChI=1S/C8H10F2O4/c1-2-14-7(13)8(6(11)12)3-4(8)5(9)10/h4-5H,2-3H2,1H3,(H,11,12)/t4-,8-/m1/s1. The number of ether oxygens (including phenoxy) is 1. The van der Waals surface area contributed by atoms with Crippen molar-refractivity contribution in [3.63, 3.8) is 0 Å². The predicted octanol–water partition coefficient (Wildman–Crippen LogP) is 0.905. The van der Waals surface area contributed by atoms with E-state index in [-0.39, 0.29) is 13.0 Å². The van der Waals surface area contributed by atoms with Gasteiger partial charge in [0.25, 0.3) is 0 Å². The fourth-order valence-corrected chi connectivity index (χ4v) is 1.42. The Balaban J connectivity index is 2.78. The summed E-state index contributed by atoms with van der Waals surface area (Å²) in [5.41, 5.74) is -2.00. The van der Waals surface area contributed by atoms with Crippen molar-refractivity contribution in [3.8, 4) is 0 Å². The number of esters is 1. The van der Waals surface area contributed by atoms with E-state index in [0.717, 1.165) is 0 Å². The van der Waals surface area contributed by atoms with Gasteiger partial charge in [-0.3, -0.25) is 9.59 Å². The first-order valence-corrected chi connectivity index (χ1v) is 4.15. The summed E-state index contributed by atoms with van der Waals surface area (Å²) in [5.74, 6) is -3.99. The smallest absolute Gasteiger partial charge is 0.323 e. The Morgan fingerprint density at radius 3 is 2.50 bits per heavy atom.